The quantitative estimate of drug-likeness (QED) is 0.482. The average Bonchev–Trinajstić information content (AvgIpc) is 3.12. The van der Waals surface area contributed by atoms with E-state index >= 15 is 0 Å². The van der Waals surface area contributed by atoms with Gasteiger partial charge in [0.1, 0.15) is 0 Å². The van der Waals surface area contributed by atoms with E-state index in [1.165, 1.54) is 23.3 Å². The molecule has 30 heavy (non-hydrogen) atoms. The molecule has 3 rings (SSSR count). The third-order valence-corrected chi connectivity index (χ3v) is 7.49. The number of rotatable bonds is 7. The summed E-state index contributed by atoms with van der Waals surface area (Å²) in [7, 11) is 0. The molecule has 1 aliphatic heterocycles. The van der Waals surface area contributed by atoms with Crippen molar-refractivity contribution >= 4 is 52.9 Å². The van der Waals surface area contributed by atoms with E-state index in [0.29, 0.717) is 21.9 Å². The van der Waals surface area contributed by atoms with Crippen LogP contribution >= 0.6 is 46.9 Å². The van der Waals surface area contributed by atoms with Crippen molar-refractivity contribution in [1.82, 2.24) is 10.2 Å². The lowest BCUT2D eigenvalue weighted by molar-refractivity contribution is 0.0897. The van der Waals surface area contributed by atoms with Crippen LogP contribution in [0, 0.1) is 18.8 Å². The van der Waals surface area contributed by atoms with Gasteiger partial charge in [-0.25, -0.2) is 0 Å². The molecule has 1 fully saturated rings. The lowest BCUT2D eigenvalue weighted by Gasteiger charge is -2.35. The highest BCUT2D eigenvalue weighted by molar-refractivity contribution is 7.13. The Morgan fingerprint density at radius 1 is 1.17 bits per heavy atom. The zero-order valence-corrected chi connectivity index (χ0v) is 20.9. The molecule has 0 saturated carbocycles. The molecule has 0 radical (unpaired) electrons. The van der Waals surface area contributed by atoms with Crippen LogP contribution in [0.5, 0.6) is 0 Å². The smallest absolute Gasteiger partial charge is 0.261 e. The monoisotopic (exact) mass is 488 g/mol. The Kier molecular flexibility index (Phi) is 9.96. The standard InChI is InChI=1S/C23H30Cl2N2OS.ClH/c1-15(2)21(26-23(28)22-7-4-16(3)29-22)14-27-10-8-17(9-11-27)12-18-5-6-19(24)20(25)13-18;/h4-7,13,15,17,21H,8-12,14H2,1-3H3,(H,26,28);1H/t21-;/m0./s1. The first kappa shape index (κ1) is 25.5. The topological polar surface area (TPSA) is 32.3 Å². The summed E-state index contributed by atoms with van der Waals surface area (Å²) < 4.78 is 0. The average molecular weight is 490 g/mol. The van der Waals surface area contributed by atoms with E-state index in [0.717, 1.165) is 30.9 Å². The number of amides is 1. The minimum absolute atomic E-state index is 0. The van der Waals surface area contributed by atoms with E-state index < -0.39 is 0 Å². The van der Waals surface area contributed by atoms with E-state index in [1.807, 2.05) is 31.2 Å². The maximum absolute atomic E-state index is 12.6. The van der Waals surface area contributed by atoms with E-state index in [2.05, 4.69) is 30.1 Å². The molecule has 0 aliphatic carbocycles. The zero-order valence-electron chi connectivity index (χ0n) is 17.8. The first-order chi connectivity index (χ1) is 13.8. The molecule has 2 heterocycles. The zero-order chi connectivity index (χ0) is 21.0. The van der Waals surface area contributed by atoms with Crippen LogP contribution in [0.1, 0.15) is 46.8 Å². The number of halogens is 3. The van der Waals surface area contributed by atoms with Crippen LogP contribution in [-0.2, 0) is 6.42 Å². The molecule has 2 aromatic rings. The predicted octanol–water partition coefficient (Wildman–Crippen LogP) is 6.49. The van der Waals surface area contributed by atoms with Gasteiger partial charge in [-0.1, -0.05) is 43.1 Å². The van der Waals surface area contributed by atoms with Gasteiger partial charge in [0, 0.05) is 17.5 Å². The molecular formula is C23H31Cl3N2OS. The largest absolute Gasteiger partial charge is 0.347 e. The molecule has 1 aromatic heterocycles. The Morgan fingerprint density at radius 2 is 1.87 bits per heavy atom. The summed E-state index contributed by atoms with van der Waals surface area (Å²) in [6.45, 7) is 9.45. The molecule has 1 aromatic carbocycles. The number of thiophene rings is 1. The fourth-order valence-corrected chi connectivity index (χ4v) is 4.96. The summed E-state index contributed by atoms with van der Waals surface area (Å²) in [6, 6.07) is 10.0. The summed E-state index contributed by atoms with van der Waals surface area (Å²) in [5, 5.41) is 4.51. The molecule has 1 aliphatic rings. The maximum Gasteiger partial charge on any atom is 0.261 e. The second-order valence-electron chi connectivity index (χ2n) is 8.43. The number of nitrogens with one attached hydrogen (secondary N) is 1. The third-order valence-electron chi connectivity index (χ3n) is 5.76. The Hall–Kier alpha value is -0.780. The summed E-state index contributed by atoms with van der Waals surface area (Å²) >= 11 is 13.7. The minimum atomic E-state index is 0. The van der Waals surface area contributed by atoms with E-state index in [9.17, 15) is 4.79 Å². The Labute approximate surface area is 200 Å². The first-order valence-electron chi connectivity index (χ1n) is 10.4. The predicted molar refractivity (Wildman–Crippen MR) is 132 cm³/mol. The van der Waals surface area contributed by atoms with Crippen LogP contribution in [0.25, 0.3) is 0 Å². The number of aryl methyl sites for hydroxylation is 1. The van der Waals surface area contributed by atoms with Crippen molar-refractivity contribution in [1.29, 1.82) is 0 Å². The van der Waals surface area contributed by atoms with Crippen molar-refractivity contribution in [3.63, 3.8) is 0 Å². The fourth-order valence-electron chi connectivity index (χ4n) is 3.87. The van der Waals surface area contributed by atoms with Crippen LogP contribution in [0.3, 0.4) is 0 Å². The molecule has 3 nitrogen and oxygen atoms in total. The van der Waals surface area contributed by atoms with Crippen LogP contribution in [0.15, 0.2) is 30.3 Å². The number of nitrogens with zero attached hydrogens (tertiary/aromatic N) is 1. The molecule has 0 unspecified atom stereocenters. The van der Waals surface area contributed by atoms with Gasteiger partial charge in [-0.3, -0.25) is 4.79 Å². The highest BCUT2D eigenvalue weighted by atomic mass is 35.5. The molecule has 1 N–H and O–H groups in total. The van der Waals surface area contributed by atoms with Gasteiger partial charge in [0.15, 0.2) is 0 Å². The Bertz CT molecular complexity index is 832. The van der Waals surface area contributed by atoms with E-state index in [1.54, 1.807) is 11.3 Å². The number of likely N-dealkylation sites (tertiary alicyclic amines) is 1. The molecule has 1 amide bonds. The molecule has 1 atom stereocenters. The minimum Gasteiger partial charge on any atom is -0.347 e. The third kappa shape index (κ3) is 7.13. The molecule has 0 spiro atoms. The van der Waals surface area contributed by atoms with Crippen molar-refractivity contribution in [3.05, 3.63) is 55.7 Å². The van der Waals surface area contributed by atoms with Crippen molar-refractivity contribution in [2.24, 2.45) is 11.8 Å². The van der Waals surface area contributed by atoms with Gasteiger partial charge < -0.3 is 10.2 Å². The summed E-state index contributed by atoms with van der Waals surface area (Å²) in [5.74, 6) is 1.12. The van der Waals surface area contributed by atoms with Gasteiger partial charge in [0.05, 0.1) is 14.9 Å². The van der Waals surface area contributed by atoms with E-state index in [-0.39, 0.29) is 24.4 Å². The van der Waals surface area contributed by atoms with Gasteiger partial charge in [-0.05, 0) is 80.9 Å². The Morgan fingerprint density at radius 3 is 2.43 bits per heavy atom. The normalized spacial score (nSPS) is 16.3. The molecule has 7 heteroatoms. The van der Waals surface area contributed by atoms with Crippen molar-refractivity contribution < 1.29 is 4.79 Å². The number of piperidine rings is 1. The van der Waals surface area contributed by atoms with Gasteiger partial charge in [-0.2, -0.15) is 0 Å². The van der Waals surface area contributed by atoms with Gasteiger partial charge in [0.25, 0.3) is 5.91 Å². The lowest BCUT2D eigenvalue weighted by Crippen LogP contribution is -2.48. The molecule has 1 saturated heterocycles. The number of hydrogen-bond donors (Lipinski definition) is 1. The van der Waals surface area contributed by atoms with Crippen LogP contribution in [0.4, 0.5) is 0 Å². The number of benzene rings is 1. The number of carbonyl (C=O) groups is 1. The van der Waals surface area contributed by atoms with Gasteiger partial charge in [0.2, 0.25) is 0 Å². The van der Waals surface area contributed by atoms with E-state index in [4.69, 9.17) is 23.2 Å². The molecule has 166 valence electrons. The van der Waals surface area contributed by atoms with Gasteiger partial charge in [-0.15, -0.1) is 23.7 Å². The number of carbonyl (C=O) groups excluding carboxylic acids is 1. The Balaban J connectivity index is 0.00000320. The summed E-state index contributed by atoms with van der Waals surface area (Å²) in [4.78, 5) is 17.0. The maximum atomic E-state index is 12.6. The van der Waals surface area contributed by atoms with Crippen molar-refractivity contribution in [3.8, 4) is 0 Å². The van der Waals surface area contributed by atoms with Crippen LogP contribution in [0.2, 0.25) is 10.0 Å². The van der Waals surface area contributed by atoms with Crippen molar-refractivity contribution in [2.45, 2.75) is 46.1 Å². The summed E-state index contributed by atoms with van der Waals surface area (Å²) in [6.07, 6.45) is 3.39. The lowest BCUT2D eigenvalue weighted by atomic mass is 9.89. The second-order valence-corrected chi connectivity index (χ2v) is 10.5. The number of hydrogen-bond acceptors (Lipinski definition) is 3. The fraction of sp³-hybridized carbons (Fsp3) is 0.522. The highest BCUT2D eigenvalue weighted by Crippen LogP contribution is 2.27. The van der Waals surface area contributed by atoms with Gasteiger partial charge >= 0.3 is 0 Å². The van der Waals surface area contributed by atoms with Crippen LogP contribution < -0.4 is 5.32 Å². The molecule has 0 bridgehead atoms. The highest BCUT2D eigenvalue weighted by Gasteiger charge is 2.25. The molecular weight excluding hydrogens is 459 g/mol. The first-order valence-corrected chi connectivity index (χ1v) is 11.9. The summed E-state index contributed by atoms with van der Waals surface area (Å²) in [5.41, 5.74) is 1.26. The SMILES string of the molecule is Cc1ccc(C(=O)N[C@@H](CN2CCC(Cc3ccc(Cl)c(Cl)c3)CC2)C(C)C)s1.Cl. The van der Waals surface area contributed by atoms with Crippen LogP contribution in [-0.4, -0.2) is 36.5 Å². The van der Waals surface area contributed by atoms with Crippen molar-refractivity contribution in [2.75, 3.05) is 19.6 Å². The second kappa shape index (κ2) is 11.7.